The van der Waals surface area contributed by atoms with Gasteiger partial charge in [0.05, 0.1) is 23.7 Å². The van der Waals surface area contributed by atoms with E-state index in [9.17, 15) is 10.1 Å². The summed E-state index contributed by atoms with van der Waals surface area (Å²) in [7, 11) is 0. The van der Waals surface area contributed by atoms with Gasteiger partial charge in [-0.25, -0.2) is 4.79 Å². The molecule has 0 radical (unpaired) electrons. The summed E-state index contributed by atoms with van der Waals surface area (Å²) in [5, 5.41) is 9.90. The van der Waals surface area contributed by atoms with Crippen LogP contribution in [0.4, 0.5) is 0 Å². The van der Waals surface area contributed by atoms with Crippen LogP contribution in [0.2, 0.25) is 0 Å². The van der Waals surface area contributed by atoms with E-state index in [0.717, 1.165) is 55.6 Å². The molecule has 0 heterocycles. The standard InChI is InChI=1S/C36H51NO2/c1-5-6-7-8-23-36(27-37)24-20-33(21-25-36)32-14-12-30(13-15-32)31-16-18-34(19-17-31)35(38)39-26-22-29(4)11-9-10-28(2)3/h12-19,28-29,33H,5-11,20-26H2,1-4H3. The Morgan fingerprint density at radius 1 is 0.897 bits per heavy atom. The zero-order valence-electron chi connectivity index (χ0n) is 25.0. The smallest absolute Gasteiger partial charge is 0.338 e. The lowest BCUT2D eigenvalue weighted by atomic mass is 9.67. The fourth-order valence-corrected chi connectivity index (χ4v) is 6.01. The van der Waals surface area contributed by atoms with Gasteiger partial charge in [-0.15, -0.1) is 0 Å². The van der Waals surface area contributed by atoms with Crippen molar-refractivity contribution >= 4 is 5.97 Å². The topological polar surface area (TPSA) is 50.1 Å². The maximum absolute atomic E-state index is 12.5. The number of nitriles is 1. The molecule has 1 fully saturated rings. The van der Waals surface area contributed by atoms with Crippen LogP contribution in [0.3, 0.4) is 0 Å². The van der Waals surface area contributed by atoms with Crippen LogP contribution < -0.4 is 0 Å². The van der Waals surface area contributed by atoms with Gasteiger partial charge in [-0.1, -0.05) is 109 Å². The lowest BCUT2D eigenvalue weighted by Gasteiger charge is -2.35. The van der Waals surface area contributed by atoms with Gasteiger partial charge >= 0.3 is 5.97 Å². The fraction of sp³-hybridized carbons (Fsp3) is 0.611. The third-order valence-corrected chi connectivity index (χ3v) is 8.85. The second-order valence-corrected chi connectivity index (χ2v) is 12.5. The average molecular weight is 530 g/mol. The summed E-state index contributed by atoms with van der Waals surface area (Å²) >= 11 is 0. The van der Waals surface area contributed by atoms with Crippen molar-refractivity contribution in [1.82, 2.24) is 0 Å². The molecule has 0 N–H and O–H groups in total. The van der Waals surface area contributed by atoms with Gasteiger partial charge in [0, 0.05) is 0 Å². The second kappa shape index (κ2) is 15.9. The van der Waals surface area contributed by atoms with Crippen molar-refractivity contribution in [1.29, 1.82) is 5.26 Å². The lowest BCUT2D eigenvalue weighted by molar-refractivity contribution is 0.0483. The predicted molar refractivity (Wildman–Crippen MR) is 163 cm³/mol. The van der Waals surface area contributed by atoms with Crippen LogP contribution in [0, 0.1) is 28.6 Å². The molecule has 1 aliphatic rings. The molecule has 212 valence electrons. The number of carbonyl (C=O) groups is 1. The second-order valence-electron chi connectivity index (χ2n) is 12.5. The number of carbonyl (C=O) groups excluding carboxylic acids is 1. The van der Waals surface area contributed by atoms with E-state index < -0.39 is 0 Å². The van der Waals surface area contributed by atoms with Crippen molar-refractivity contribution in [3.63, 3.8) is 0 Å². The van der Waals surface area contributed by atoms with Gasteiger partial charge in [0.1, 0.15) is 0 Å². The number of benzene rings is 2. The predicted octanol–water partition coefficient (Wildman–Crippen LogP) is 10.5. The Balaban J connectivity index is 1.46. The van der Waals surface area contributed by atoms with Crippen molar-refractivity contribution in [2.45, 2.75) is 117 Å². The van der Waals surface area contributed by atoms with Crippen molar-refractivity contribution < 1.29 is 9.53 Å². The van der Waals surface area contributed by atoms with Crippen molar-refractivity contribution in [2.24, 2.45) is 17.3 Å². The molecule has 0 aliphatic heterocycles. The summed E-state index contributed by atoms with van der Waals surface area (Å²) in [6, 6.07) is 19.4. The molecule has 1 saturated carbocycles. The van der Waals surface area contributed by atoms with Gasteiger partial charge in [0.25, 0.3) is 0 Å². The van der Waals surface area contributed by atoms with Gasteiger partial charge in [-0.3, -0.25) is 0 Å². The van der Waals surface area contributed by atoms with Gasteiger partial charge in [-0.05, 0) is 85.1 Å². The Kier molecular flexibility index (Phi) is 12.6. The molecule has 3 rings (SSSR count). The van der Waals surface area contributed by atoms with Gasteiger partial charge in [0.2, 0.25) is 0 Å². The summed E-state index contributed by atoms with van der Waals surface area (Å²) in [4.78, 5) is 12.5. The molecule has 1 aliphatic carbocycles. The molecule has 0 saturated heterocycles. The molecule has 0 spiro atoms. The SMILES string of the molecule is CCCCCCC1(C#N)CCC(c2ccc(-c3ccc(C(=O)OCCC(C)CCCC(C)C)cc3)cc2)CC1. The summed E-state index contributed by atoms with van der Waals surface area (Å²) in [6.45, 7) is 9.50. The van der Waals surface area contributed by atoms with Crippen LogP contribution in [0.1, 0.15) is 133 Å². The minimum Gasteiger partial charge on any atom is -0.462 e. The molecule has 2 aromatic carbocycles. The van der Waals surface area contributed by atoms with E-state index in [1.54, 1.807) is 0 Å². The quantitative estimate of drug-likeness (QED) is 0.170. The highest BCUT2D eigenvalue weighted by Gasteiger charge is 2.35. The molecule has 0 aromatic heterocycles. The first kappa shape index (κ1) is 30.9. The van der Waals surface area contributed by atoms with Crippen LogP contribution in [0.25, 0.3) is 11.1 Å². The van der Waals surface area contributed by atoms with E-state index in [4.69, 9.17) is 4.74 Å². The van der Waals surface area contributed by atoms with Crippen LogP contribution in [0.5, 0.6) is 0 Å². The molecule has 2 aromatic rings. The molecule has 1 unspecified atom stereocenters. The van der Waals surface area contributed by atoms with E-state index in [0.29, 0.717) is 24.0 Å². The lowest BCUT2D eigenvalue weighted by Crippen LogP contribution is -2.25. The first-order valence-electron chi connectivity index (χ1n) is 15.6. The van der Waals surface area contributed by atoms with Crippen LogP contribution in [-0.2, 0) is 4.74 Å². The number of nitrogens with zero attached hydrogens (tertiary/aromatic N) is 1. The average Bonchev–Trinajstić information content (AvgIpc) is 2.95. The summed E-state index contributed by atoms with van der Waals surface area (Å²) < 4.78 is 5.55. The molecule has 39 heavy (non-hydrogen) atoms. The van der Waals surface area contributed by atoms with E-state index in [2.05, 4.69) is 58.0 Å². The van der Waals surface area contributed by atoms with E-state index in [-0.39, 0.29) is 11.4 Å². The van der Waals surface area contributed by atoms with Crippen molar-refractivity contribution in [3.8, 4) is 17.2 Å². The Labute approximate surface area is 238 Å². The summed E-state index contributed by atoms with van der Waals surface area (Å²) in [5.41, 5.74) is 4.16. The van der Waals surface area contributed by atoms with Gasteiger partial charge in [-0.2, -0.15) is 5.26 Å². The number of ether oxygens (including phenoxy) is 1. The molecule has 3 heteroatoms. The fourth-order valence-electron chi connectivity index (χ4n) is 6.01. The zero-order chi connectivity index (χ0) is 28.1. The Morgan fingerprint density at radius 3 is 2.13 bits per heavy atom. The number of unbranched alkanes of at least 4 members (excludes halogenated alkanes) is 3. The Bertz CT molecular complexity index is 1020. The number of esters is 1. The largest absolute Gasteiger partial charge is 0.462 e. The normalized spacial score (nSPS) is 19.9. The molecule has 1 atom stereocenters. The molecular formula is C36H51NO2. The van der Waals surface area contributed by atoms with E-state index in [1.807, 2.05) is 24.3 Å². The Morgan fingerprint density at radius 2 is 1.54 bits per heavy atom. The first-order valence-corrected chi connectivity index (χ1v) is 15.6. The van der Waals surface area contributed by atoms with Crippen LogP contribution in [-0.4, -0.2) is 12.6 Å². The maximum Gasteiger partial charge on any atom is 0.338 e. The zero-order valence-corrected chi connectivity index (χ0v) is 25.0. The summed E-state index contributed by atoms with van der Waals surface area (Å²) in [5.74, 6) is 1.65. The maximum atomic E-state index is 12.5. The third-order valence-electron chi connectivity index (χ3n) is 8.85. The minimum absolute atomic E-state index is 0.0984. The number of rotatable bonds is 15. The molecule has 0 amide bonds. The monoisotopic (exact) mass is 529 g/mol. The van der Waals surface area contributed by atoms with Gasteiger partial charge in [0.15, 0.2) is 0 Å². The summed E-state index contributed by atoms with van der Waals surface area (Å²) in [6.07, 6.45) is 14.9. The van der Waals surface area contributed by atoms with Crippen molar-refractivity contribution in [2.75, 3.05) is 6.61 Å². The number of hydrogen-bond donors (Lipinski definition) is 0. The van der Waals surface area contributed by atoms with Crippen molar-refractivity contribution in [3.05, 3.63) is 59.7 Å². The first-order chi connectivity index (χ1) is 18.9. The van der Waals surface area contributed by atoms with E-state index >= 15 is 0 Å². The van der Waals surface area contributed by atoms with Crippen LogP contribution in [0.15, 0.2) is 48.5 Å². The highest BCUT2D eigenvalue weighted by Crippen LogP contribution is 2.45. The highest BCUT2D eigenvalue weighted by atomic mass is 16.5. The highest BCUT2D eigenvalue weighted by molar-refractivity contribution is 5.90. The molecule has 0 bridgehead atoms. The minimum atomic E-state index is -0.234. The van der Waals surface area contributed by atoms with Gasteiger partial charge < -0.3 is 4.74 Å². The van der Waals surface area contributed by atoms with E-state index in [1.165, 1.54) is 50.5 Å². The number of hydrogen-bond acceptors (Lipinski definition) is 3. The molecule has 3 nitrogen and oxygen atoms in total. The van der Waals surface area contributed by atoms with Crippen LogP contribution >= 0.6 is 0 Å². The molecular weight excluding hydrogens is 478 g/mol. The Hall–Kier alpha value is -2.60. The third kappa shape index (κ3) is 9.82.